The lowest BCUT2D eigenvalue weighted by molar-refractivity contribution is -0.131. The Morgan fingerprint density at radius 2 is 2.00 bits per heavy atom. The van der Waals surface area contributed by atoms with Gasteiger partial charge in [0.2, 0.25) is 0 Å². The Labute approximate surface area is 140 Å². The van der Waals surface area contributed by atoms with E-state index in [9.17, 15) is 4.79 Å². The van der Waals surface area contributed by atoms with Gasteiger partial charge in [0.25, 0.3) is 0 Å². The molecule has 5 atom stereocenters. The van der Waals surface area contributed by atoms with Gasteiger partial charge >= 0.3 is 5.97 Å². The molecule has 3 rings (SSSR count). The van der Waals surface area contributed by atoms with Crippen molar-refractivity contribution in [2.45, 2.75) is 78.2 Å². The van der Waals surface area contributed by atoms with Gasteiger partial charge in [-0.3, -0.25) is 0 Å². The van der Waals surface area contributed by atoms with Crippen LogP contribution in [0.15, 0.2) is 11.6 Å². The fourth-order valence-corrected chi connectivity index (χ4v) is 5.89. The number of fused-ring (bicyclic) bond motifs is 2. The molecule has 130 valence electrons. The monoisotopic (exact) mass is 320 g/mol. The summed E-state index contributed by atoms with van der Waals surface area (Å²) in [7, 11) is 0. The number of hydrogen-bond acceptors (Lipinski definition) is 2. The Hall–Kier alpha value is -0.830. The first kappa shape index (κ1) is 17.0. The minimum Gasteiger partial charge on any atom is -0.478 e. The Kier molecular flexibility index (Phi) is 4.15. The van der Waals surface area contributed by atoms with E-state index in [-0.39, 0.29) is 5.60 Å². The van der Waals surface area contributed by atoms with Gasteiger partial charge in [-0.1, -0.05) is 32.8 Å². The summed E-state index contributed by atoms with van der Waals surface area (Å²) in [5.74, 6) is 0.580. The average Bonchev–Trinajstić information content (AvgIpc) is 3.25. The van der Waals surface area contributed by atoms with E-state index in [2.05, 4.69) is 20.8 Å². The quantitative estimate of drug-likeness (QED) is 0.597. The summed E-state index contributed by atoms with van der Waals surface area (Å²) in [4.78, 5) is 10.9. The molecule has 1 N–H and O–H groups in total. The second-order valence-corrected chi connectivity index (χ2v) is 8.92. The zero-order valence-electron chi connectivity index (χ0n) is 15.2. The first-order valence-electron chi connectivity index (χ1n) is 9.28. The Bertz CT molecular complexity index is 519. The summed E-state index contributed by atoms with van der Waals surface area (Å²) in [5, 5.41) is 8.95. The molecular weight excluding hydrogens is 288 g/mol. The van der Waals surface area contributed by atoms with Crippen molar-refractivity contribution in [3.05, 3.63) is 11.6 Å². The van der Waals surface area contributed by atoms with E-state index in [1.54, 1.807) is 0 Å². The van der Waals surface area contributed by atoms with Crippen molar-refractivity contribution >= 4 is 5.97 Å². The molecule has 0 amide bonds. The van der Waals surface area contributed by atoms with Crippen LogP contribution < -0.4 is 0 Å². The van der Waals surface area contributed by atoms with Gasteiger partial charge in [0.1, 0.15) is 0 Å². The molecule has 3 heteroatoms. The Morgan fingerprint density at radius 3 is 2.61 bits per heavy atom. The van der Waals surface area contributed by atoms with Crippen LogP contribution in [0, 0.1) is 22.7 Å². The molecule has 2 saturated carbocycles. The molecule has 0 aromatic carbocycles. The topological polar surface area (TPSA) is 49.8 Å². The first-order chi connectivity index (χ1) is 10.7. The summed E-state index contributed by atoms with van der Waals surface area (Å²) in [6.07, 6.45) is 9.77. The van der Waals surface area contributed by atoms with Crippen LogP contribution in [0.2, 0.25) is 0 Å². The highest BCUT2D eigenvalue weighted by Crippen LogP contribution is 2.68. The maximum Gasteiger partial charge on any atom is 0.328 e. The normalized spacial score (nSPS) is 46.5. The van der Waals surface area contributed by atoms with E-state index in [0.29, 0.717) is 22.7 Å². The number of hydrogen-bond donors (Lipinski definition) is 1. The van der Waals surface area contributed by atoms with Gasteiger partial charge in [0.05, 0.1) is 12.2 Å². The van der Waals surface area contributed by atoms with Crippen molar-refractivity contribution in [2.24, 2.45) is 22.7 Å². The molecule has 2 aliphatic carbocycles. The molecule has 1 heterocycles. The van der Waals surface area contributed by atoms with Crippen LogP contribution in [0.5, 0.6) is 0 Å². The third kappa shape index (κ3) is 2.65. The summed E-state index contributed by atoms with van der Waals surface area (Å²) in [6, 6.07) is 0. The summed E-state index contributed by atoms with van der Waals surface area (Å²) >= 11 is 0. The van der Waals surface area contributed by atoms with E-state index in [1.807, 2.05) is 6.92 Å². The smallest absolute Gasteiger partial charge is 0.328 e. The van der Waals surface area contributed by atoms with Crippen LogP contribution in [-0.4, -0.2) is 23.3 Å². The summed E-state index contributed by atoms with van der Waals surface area (Å²) in [5.41, 5.74) is 1.77. The van der Waals surface area contributed by atoms with Crippen molar-refractivity contribution in [2.75, 3.05) is 6.61 Å². The second kappa shape index (κ2) is 5.61. The van der Waals surface area contributed by atoms with E-state index in [1.165, 1.54) is 38.2 Å². The van der Waals surface area contributed by atoms with Crippen LogP contribution in [0.25, 0.3) is 0 Å². The van der Waals surface area contributed by atoms with Crippen molar-refractivity contribution in [3.63, 3.8) is 0 Å². The highest BCUT2D eigenvalue weighted by molar-refractivity contribution is 5.80. The molecule has 3 aliphatic rings. The van der Waals surface area contributed by atoms with Gasteiger partial charge in [0, 0.05) is 11.5 Å². The molecule has 0 bridgehead atoms. The number of ether oxygens (including phenoxy) is 1. The maximum atomic E-state index is 10.9. The second-order valence-electron chi connectivity index (χ2n) is 8.92. The van der Waals surface area contributed by atoms with E-state index < -0.39 is 5.97 Å². The van der Waals surface area contributed by atoms with Gasteiger partial charge in [-0.05, 0) is 62.7 Å². The summed E-state index contributed by atoms with van der Waals surface area (Å²) < 4.78 is 6.03. The first-order valence-corrected chi connectivity index (χ1v) is 9.28. The predicted molar refractivity (Wildman–Crippen MR) is 91.3 cm³/mol. The van der Waals surface area contributed by atoms with Crippen LogP contribution in [0.1, 0.15) is 72.6 Å². The van der Waals surface area contributed by atoms with Crippen molar-refractivity contribution in [1.29, 1.82) is 0 Å². The largest absolute Gasteiger partial charge is 0.478 e. The van der Waals surface area contributed by atoms with E-state index >= 15 is 0 Å². The molecule has 1 spiro atoms. The molecule has 0 aromatic rings. The molecule has 1 aliphatic heterocycles. The zero-order chi connectivity index (χ0) is 16.9. The van der Waals surface area contributed by atoms with E-state index in [4.69, 9.17) is 9.84 Å². The molecular formula is C20H32O3. The Morgan fingerprint density at radius 1 is 1.30 bits per heavy atom. The van der Waals surface area contributed by atoms with E-state index in [0.717, 1.165) is 25.0 Å². The number of carboxylic acids is 1. The number of carbonyl (C=O) groups is 1. The number of epoxide rings is 1. The maximum absolute atomic E-state index is 10.9. The number of aliphatic carboxylic acids is 1. The number of carboxylic acid groups (broad SMARTS) is 1. The van der Waals surface area contributed by atoms with Crippen molar-refractivity contribution in [1.82, 2.24) is 0 Å². The zero-order valence-corrected chi connectivity index (χ0v) is 15.2. The van der Waals surface area contributed by atoms with Crippen LogP contribution >= 0.6 is 0 Å². The fraction of sp³-hybridized carbons (Fsp3) is 0.850. The van der Waals surface area contributed by atoms with Gasteiger partial charge < -0.3 is 9.84 Å². The molecule has 0 radical (unpaired) electrons. The van der Waals surface area contributed by atoms with Gasteiger partial charge in [-0.15, -0.1) is 0 Å². The highest BCUT2D eigenvalue weighted by Gasteiger charge is 2.67. The third-order valence-electron chi connectivity index (χ3n) is 7.82. The minimum atomic E-state index is -0.822. The number of rotatable bonds is 4. The van der Waals surface area contributed by atoms with Gasteiger partial charge in [-0.2, -0.15) is 0 Å². The lowest BCUT2D eigenvalue weighted by Gasteiger charge is -2.60. The number of allylic oxidation sites excluding steroid dienone is 1. The third-order valence-corrected chi connectivity index (χ3v) is 7.82. The van der Waals surface area contributed by atoms with Crippen LogP contribution in [0.3, 0.4) is 0 Å². The molecule has 1 saturated heterocycles. The lowest BCUT2D eigenvalue weighted by atomic mass is 9.44. The van der Waals surface area contributed by atoms with Crippen LogP contribution in [-0.2, 0) is 9.53 Å². The molecule has 0 aromatic heterocycles. The van der Waals surface area contributed by atoms with Gasteiger partial charge in [0.15, 0.2) is 0 Å². The molecule has 3 fully saturated rings. The van der Waals surface area contributed by atoms with Crippen LogP contribution in [0.4, 0.5) is 0 Å². The Balaban J connectivity index is 1.82. The van der Waals surface area contributed by atoms with Crippen molar-refractivity contribution < 1.29 is 14.6 Å². The molecule has 23 heavy (non-hydrogen) atoms. The van der Waals surface area contributed by atoms with Crippen molar-refractivity contribution in [3.8, 4) is 0 Å². The minimum absolute atomic E-state index is 0.170. The highest BCUT2D eigenvalue weighted by atomic mass is 16.6. The SMILES string of the molecule is C/C(=C/C(=O)O)CC[C@@]1(C)[C@H](C)CC[C@]2(C)[C@@H]1CCC[C@@]21CO1. The van der Waals surface area contributed by atoms with Gasteiger partial charge in [-0.25, -0.2) is 4.79 Å². The molecule has 3 nitrogen and oxygen atoms in total. The standard InChI is InChI=1S/C20H32O3/c1-14(12-17(21)22)7-10-18(3)15(2)8-11-19(4)16(18)6-5-9-20(19)13-23-20/h12,15-16H,5-11,13H2,1-4H3,(H,21,22)/b14-12-/t15-,16-,18+,19-,20-/m1/s1. The molecule has 0 unspecified atom stereocenters. The lowest BCUT2D eigenvalue weighted by Crippen LogP contribution is -2.56. The fourth-order valence-electron chi connectivity index (χ4n) is 5.89. The predicted octanol–water partition coefficient (Wildman–Crippen LogP) is 4.81. The summed E-state index contributed by atoms with van der Waals surface area (Å²) in [6.45, 7) is 10.3. The average molecular weight is 320 g/mol.